The van der Waals surface area contributed by atoms with E-state index >= 15 is 0 Å². The summed E-state index contributed by atoms with van der Waals surface area (Å²) in [6.07, 6.45) is 26.8. The average Bonchev–Trinajstić information content (AvgIpc) is 4.04. The number of alkyl halides is 4. The Morgan fingerprint density at radius 1 is 0.472 bits per heavy atom. The molecule has 2 aliphatic heterocycles. The third kappa shape index (κ3) is 11.6. The number of allylic oxidation sites excluding steroid dienone is 4. The van der Waals surface area contributed by atoms with Gasteiger partial charge in [0.2, 0.25) is 0 Å². The first-order valence-corrected chi connectivity index (χ1v) is 29.6. The van der Waals surface area contributed by atoms with Gasteiger partial charge in [-0.25, -0.2) is 0 Å². The van der Waals surface area contributed by atoms with Gasteiger partial charge in [-0.3, -0.25) is 18.1 Å². The number of halogens is 8. The van der Waals surface area contributed by atoms with E-state index in [1.807, 2.05) is 0 Å². The van der Waals surface area contributed by atoms with Crippen molar-refractivity contribution in [3.05, 3.63) is 142 Å². The molecule has 7 aliphatic carbocycles. The second-order valence-corrected chi connectivity index (χ2v) is 25.2. The molecule has 2 saturated carbocycles. The summed E-state index contributed by atoms with van der Waals surface area (Å²) >= 11 is 19.1. The second kappa shape index (κ2) is 25.4. The van der Waals surface area contributed by atoms with E-state index in [1.54, 1.807) is 0 Å². The Hall–Kier alpha value is -2.09. The van der Waals surface area contributed by atoms with E-state index in [9.17, 15) is 17.3 Å². The predicted molar refractivity (Wildman–Crippen MR) is 290 cm³/mol. The Balaban J connectivity index is 0.000000155. The zero-order chi connectivity index (χ0) is 50.5. The molecule has 2 fully saturated rings. The molecular formula is C54H66BCl4F4N2O4P2Rh+. The van der Waals surface area contributed by atoms with Crippen molar-refractivity contribution in [2.75, 3.05) is 38.9 Å². The average molecular weight is 1200 g/mol. The fraction of sp³-hybridized carbons (Fsp3) is 0.481. The van der Waals surface area contributed by atoms with Crippen LogP contribution in [0.5, 0.6) is 23.0 Å². The summed E-state index contributed by atoms with van der Waals surface area (Å²) in [4.78, 5) is 0. The molecule has 6 nitrogen and oxygen atoms in total. The molecule has 0 aromatic heterocycles. The first kappa shape index (κ1) is 57.6. The molecule has 0 saturated heterocycles. The third-order valence-electron chi connectivity index (χ3n) is 15.6. The van der Waals surface area contributed by atoms with E-state index in [0.717, 1.165) is 23.0 Å². The molecule has 18 heteroatoms. The SMILES string of the molecule is C1=C\CC/C=C\CC/1.CN(C)[PH+]1Oc2cccc3c2C24c5c(cccc5O1)C[C@@H]2CCC[C@H]4C3.CN(C)[PH+]1Oc2cccc3c2C24c5c(cccc5O1)C[C@@H]2CCC[C@H]4C3.ClCCl.ClCCl.F[B-](F)(F)F.[Rh]. The fourth-order valence-corrected chi connectivity index (χ4v) is 15.9. The van der Waals surface area contributed by atoms with Gasteiger partial charge in [-0.15, -0.1) is 55.7 Å². The zero-order valence-corrected chi connectivity index (χ0v) is 48.0. The Morgan fingerprint density at radius 2 is 0.694 bits per heavy atom. The minimum atomic E-state index is -6.00. The van der Waals surface area contributed by atoms with Crippen LogP contribution in [0.15, 0.2) is 97.1 Å². The van der Waals surface area contributed by atoms with Crippen molar-refractivity contribution in [3.8, 4) is 23.0 Å². The molecule has 1 radical (unpaired) electrons. The summed E-state index contributed by atoms with van der Waals surface area (Å²) in [6, 6.07) is 26.8. The molecule has 4 atom stereocenters. The number of benzene rings is 4. The normalized spacial score (nSPS) is 28.2. The summed E-state index contributed by atoms with van der Waals surface area (Å²) in [6.45, 7) is 0. The van der Waals surface area contributed by atoms with Crippen LogP contribution in [0.1, 0.15) is 109 Å². The standard InChI is InChI=1S/2C22H24NO2P.C8H12.2CH2Cl2.BF4.Rh/c2*1-23(2)26-24-18-10-3-6-14-12-16-8-5-9-17-13-15-7-4-11-19(25-26)21(15)22(16,17)20(14)18;1-2-4-6-8-7-5-3-1;2*2-1-3;2-1(3,4)5;/h2*3-4,6-7,10-11,16-17H,5,8-9,12-13H2,1-2H3;1-2,7-8H,3-6H2;2*1H2;;/q;;;;;-1;/p+2/b;;2-1-,8-7-;;;;/t2*16-,17-,22?;;;;;/m00...../s1. The van der Waals surface area contributed by atoms with Crippen molar-refractivity contribution in [2.45, 2.75) is 101 Å². The van der Waals surface area contributed by atoms with Gasteiger partial charge in [-0.2, -0.15) is 0 Å². The molecular weight excluding hydrogens is 1130 g/mol. The molecule has 13 rings (SSSR count). The van der Waals surface area contributed by atoms with Crippen LogP contribution in [-0.2, 0) is 56.0 Å². The Bertz CT molecular complexity index is 2220. The molecule has 0 amide bonds. The van der Waals surface area contributed by atoms with E-state index < -0.39 is 24.3 Å². The summed E-state index contributed by atoms with van der Waals surface area (Å²) in [5, 5.41) is 0.389. The largest absolute Gasteiger partial charge is 0.673 e. The molecule has 4 aromatic rings. The van der Waals surface area contributed by atoms with Gasteiger partial charge in [0, 0.05) is 80.8 Å². The van der Waals surface area contributed by atoms with Crippen LogP contribution in [0.4, 0.5) is 17.3 Å². The van der Waals surface area contributed by atoms with Crippen LogP contribution >= 0.6 is 63.5 Å². The third-order valence-corrected chi connectivity index (χ3v) is 18.6. The first-order chi connectivity index (χ1) is 34.2. The molecule has 0 N–H and O–H groups in total. The van der Waals surface area contributed by atoms with Crippen molar-refractivity contribution in [1.29, 1.82) is 0 Å². The molecule has 0 unspecified atom stereocenters. The fourth-order valence-electron chi connectivity index (χ4n) is 13.6. The van der Waals surface area contributed by atoms with Crippen LogP contribution < -0.4 is 18.1 Å². The number of hydrogen-bond acceptors (Lipinski definition) is 6. The molecule has 0 bridgehead atoms. The topological polar surface area (TPSA) is 43.4 Å². The van der Waals surface area contributed by atoms with Gasteiger partial charge < -0.3 is 17.3 Å². The second-order valence-electron chi connectivity index (χ2n) is 19.9. The Morgan fingerprint density at radius 3 is 0.903 bits per heavy atom. The zero-order valence-electron chi connectivity index (χ0n) is 41.3. The van der Waals surface area contributed by atoms with Crippen LogP contribution in [0.3, 0.4) is 0 Å². The summed E-state index contributed by atoms with van der Waals surface area (Å²) < 4.78 is 69.5. The van der Waals surface area contributed by atoms with E-state index in [0.29, 0.717) is 23.7 Å². The predicted octanol–water partition coefficient (Wildman–Crippen LogP) is 16.4. The maximum Gasteiger partial charge on any atom is 0.673 e. The van der Waals surface area contributed by atoms with E-state index in [4.69, 9.17) is 64.5 Å². The van der Waals surface area contributed by atoms with Gasteiger partial charge in [-0.05, 0) is 147 Å². The van der Waals surface area contributed by atoms with Gasteiger partial charge in [0.05, 0.1) is 10.7 Å². The Labute approximate surface area is 459 Å². The van der Waals surface area contributed by atoms with E-state index in [1.165, 1.54) is 134 Å². The molecule has 72 heavy (non-hydrogen) atoms. The number of rotatable bonds is 2. The van der Waals surface area contributed by atoms with Crippen LogP contribution in [0, 0.1) is 23.7 Å². The minimum Gasteiger partial charge on any atom is -0.418 e. The maximum absolute atomic E-state index is 9.75. The van der Waals surface area contributed by atoms with Gasteiger partial charge in [-0.1, -0.05) is 85.7 Å². The number of nitrogens with zero attached hydrogens (tertiary/aromatic N) is 2. The molecule has 4 aromatic carbocycles. The van der Waals surface area contributed by atoms with Gasteiger partial charge >= 0.3 is 24.3 Å². The molecule has 2 spiro atoms. The quantitative estimate of drug-likeness (QED) is 0.0655. The number of hydrogen-bond donors (Lipinski definition) is 0. The monoisotopic (exact) mass is 1200 g/mol. The molecule has 393 valence electrons. The van der Waals surface area contributed by atoms with Gasteiger partial charge in [0.15, 0.2) is 23.0 Å². The Kier molecular flexibility index (Phi) is 20.3. The molecule has 9 aliphatic rings. The van der Waals surface area contributed by atoms with Crippen LogP contribution in [-0.4, -0.2) is 55.5 Å². The minimum absolute atomic E-state index is 0. The van der Waals surface area contributed by atoms with Crippen LogP contribution in [0.2, 0.25) is 0 Å². The maximum atomic E-state index is 9.75. The first-order valence-electron chi connectivity index (χ1n) is 24.9. The van der Waals surface area contributed by atoms with Crippen LogP contribution in [0.25, 0.3) is 0 Å². The van der Waals surface area contributed by atoms with Gasteiger partial charge in [0.25, 0.3) is 0 Å². The van der Waals surface area contributed by atoms with Crippen molar-refractivity contribution in [3.63, 3.8) is 0 Å². The van der Waals surface area contributed by atoms with Crippen molar-refractivity contribution < 1.29 is 54.8 Å². The van der Waals surface area contributed by atoms with Crippen molar-refractivity contribution in [2.24, 2.45) is 23.7 Å². The summed E-state index contributed by atoms with van der Waals surface area (Å²) in [5.74, 6) is 7.12. The van der Waals surface area contributed by atoms with Gasteiger partial charge in [0.1, 0.15) is 0 Å². The summed E-state index contributed by atoms with van der Waals surface area (Å²) in [5.41, 5.74) is 12.3. The van der Waals surface area contributed by atoms with Crippen molar-refractivity contribution in [1.82, 2.24) is 9.34 Å². The smallest absolute Gasteiger partial charge is 0.418 e. The molecule has 2 heterocycles. The van der Waals surface area contributed by atoms with Crippen molar-refractivity contribution >= 4 is 70.7 Å². The summed E-state index contributed by atoms with van der Waals surface area (Å²) in [7, 11) is -0.890. The van der Waals surface area contributed by atoms with E-state index in [2.05, 4.69) is 135 Å². The van der Waals surface area contributed by atoms with E-state index in [-0.39, 0.29) is 41.0 Å².